The molecular formula is C24H36ClFN4O3. The topological polar surface area (TPSA) is 82.7 Å². The Balaban J connectivity index is 1.45. The Kier molecular flexibility index (Phi) is 10.2. The van der Waals surface area contributed by atoms with Gasteiger partial charge in [0.25, 0.3) is 0 Å². The first-order chi connectivity index (χ1) is 15.9. The SMILES string of the molecule is CC1CN(C(CNC(=O)CCCNC(=O)NC2CCCCC2)c2c(F)cccc2Cl)CCO1. The Morgan fingerprint density at radius 3 is 2.76 bits per heavy atom. The van der Waals surface area contributed by atoms with E-state index in [0.29, 0.717) is 43.2 Å². The highest BCUT2D eigenvalue weighted by atomic mass is 35.5. The van der Waals surface area contributed by atoms with Crippen LogP contribution in [-0.4, -0.2) is 61.8 Å². The van der Waals surface area contributed by atoms with E-state index in [-0.39, 0.29) is 48.9 Å². The van der Waals surface area contributed by atoms with E-state index in [4.69, 9.17) is 16.3 Å². The van der Waals surface area contributed by atoms with Gasteiger partial charge in [0.1, 0.15) is 5.82 Å². The average Bonchev–Trinajstić information content (AvgIpc) is 2.79. The minimum Gasteiger partial charge on any atom is -0.376 e. The number of carbonyl (C=O) groups is 2. The van der Waals surface area contributed by atoms with Crippen molar-refractivity contribution < 1.29 is 18.7 Å². The zero-order valence-electron chi connectivity index (χ0n) is 19.4. The number of nitrogens with one attached hydrogen (secondary N) is 3. The molecule has 184 valence electrons. The number of morpholine rings is 1. The van der Waals surface area contributed by atoms with Crippen LogP contribution in [0.3, 0.4) is 0 Å². The zero-order valence-corrected chi connectivity index (χ0v) is 20.1. The summed E-state index contributed by atoms with van der Waals surface area (Å²) in [4.78, 5) is 26.6. The van der Waals surface area contributed by atoms with Crippen molar-refractivity contribution >= 4 is 23.5 Å². The van der Waals surface area contributed by atoms with Crippen LogP contribution in [-0.2, 0) is 9.53 Å². The zero-order chi connectivity index (χ0) is 23.6. The van der Waals surface area contributed by atoms with Crippen LogP contribution in [0.15, 0.2) is 18.2 Å². The van der Waals surface area contributed by atoms with E-state index in [1.807, 2.05) is 6.92 Å². The van der Waals surface area contributed by atoms with Gasteiger partial charge in [-0.25, -0.2) is 9.18 Å². The standard InChI is InChI=1S/C24H36ClFN4O3/c1-17-16-30(13-14-33-17)21(23-19(25)9-5-10-20(23)26)15-28-22(31)11-6-12-27-24(32)29-18-7-3-2-4-8-18/h5,9-10,17-18,21H,2-4,6-8,11-16H2,1H3,(H,28,31)(H2,27,29,32). The van der Waals surface area contributed by atoms with Crippen molar-refractivity contribution in [1.29, 1.82) is 0 Å². The van der Waals surface area contributed by atoms with Crippen molar-refractivity contribution in [3.8, 4) is 0 Å². The van der Waals surface area contributed by atoms with Crippen molar-refractivity contribution in [2.75, 3.05) is 32.8 Å². The number of nitrogens with zero attached hydrogens (tertiary/aromatic N) is 1. The summed E-state index contributed by atoms with van der Waals surface area (Å²) in [5, 5.41) is 9.10. The second-order valence-electron chi connectivity index (χ2n) is 8.97. The summed E-state index contributed by atoms with van der Waals surface area (Å²) in [7, 11) is 0. The summed E-state index contributed by atoms with van der Waals surface area (Å²) in [6.45, 7) is 4.46. The van der Waals surface area contributed by atoms with E-state index in [1.165, 1.54) is 12.5 Å². The molecule has 0 aromatic heterocycles. The number of hydrogen-bond donors (Lipinski definition) is 3. The lowest BCUT2D eigenvalue weighted by atomic mass is 9.96. The number of carbonyl (C=O) groups excluding carboxylic acids is 2. The molecule has 1 aliphatic carbocycles. The first-order valence-corrected chi connectivity index (χ1v) is 12.4. The largest absolute Gasteiger partial charge is 0.376 e. The van der Waals surface area contributed by atoms with E-state index in [2.05, 4.69) is 20.9 Å². The Labute approximate surface area is 200 Å². The van der Waals surface area contributed by atoms with E-state index in [0.717, 1.165) is 25.7 Å². The lowest BCUT2D eigenvalue weighted by molar-refractivity contribution is -0.121. The van der Waals surface area contributed by atoms with Gasteiger partial charge < -0.3 is 20.7 Å². The van der Waals surface area contributed by atoms with Gasteiger partial charge in [0.2, 0.25) is 5.91 Å². The maximum atomic E-state index is 14.7. The number of urea groups is 1. The molecule has 3 rings (SSSR count). The smallest absolute Gasteiger partial charge is 0.315 e. The fraction of sp³-hybridized carbons (Fsp3) is 0.667. The normalized spacial score (nSPS) is 20.8. The van der Waals surface area contributed by atoms with Crippen molar-refractivity contribution in [3.05, 3.63) is 34.6 Å². The molecule has 1 aromatic carbocycles. The molecule has 0 spiro atoms. The maximum absolute atomic E-state index is 14.7. The summed E-state index contributed by atoms with van der Waals surface area (Å²) in [6.07, 6.45) is 6.46. The highest BCUT2D eigenvalue weighted by molar-refractivity contribution is 6.31. The molecular weight excluding hydrogens is 447 g/mol. The number of rotatable bonds is 9. The molecule has 1 aliphatic heterocycles. The first-order valence-electron chi connectivity index (χ1n) is 12.0. The molecule has 2 aliphatic rings. The minimum absolute atomic E-state index is 0.0216. The van der Waals surface area contributed by atoms with Crippen LogP contribution in [0.5, 0.6) is 0 Å². The number of benzene rings is 1. The van der Waals surface area contributed by atoms with Gasteiger partial charge in [0, 0.05) is 49.2 Å². The summed E-state index contributed by atoms with van der Waals surface area (Å²) in [5.74, 6) is -0.516. The van der Waals surface area contributed by atoms with Crippen molar-refractivity contribution in [1.82, 2.24) is 20.9 Å². The van der Waals surface area contributed by atoms with Gasteiger partial charge >= 0.3 is 6.03 Å². The molecule has 3 N–H and O–H groups in total. The van der Waals surface area contributed by atoms with Crippen LogP contribution in [0.4, 0.5) is 9.18 Å². The van der Waals surface area contributed by atoms with E-state index < -0.39 is 0 Å². The maximum Gasteiger partial charge on any atom is 0.315 e. The van der Waals surface area contributed by atoms with Crippen molar-refractivity contribution in [2.45, 2.75) is 70.1 Å². The summed E-state index contributed by atoms with van der Waals surface area (Å²) in [6, 6.07) is 4.35. The lowest BCUT2D eigenvalue weighted by Crippen LogP contribution is -2.47. The van der Waals surface area contributed by atoms with Crippen LogP contribution in [0, 0.1) is 5.82 Å². The monoisotopic (exact) mass is 482 g/mol. The molecule has 3 amide bonds. The second kappa shape index (κ2) is 13.1. The van der Waals surface area contributed by atoms with Crippen molar-refractivity contribution in [3.63, 3.8) is 0 Å². The van der Waals surface area contributed by atoms with E-state index in [1.54, 1.807) is 12.1 Å². The number of halogens is 2. The summed E-state index contributed by atoms with van der Waals surface area (Å²) < 4.78 is 20.3. The quantitative estimate of drug-likeness (QED) is 0.468. The molecule has 1 heterocycles. The summed E-state index contributed by atoms with van der Waals surface area (Å²) in [5.41, 5.74) is 0.398. The average molecular weight is 483 g/mol. The third-order valence-corrected chi connectivity index (χ3v) is 6.67. The van der Waals surface area contributed by atoms with Crippen LogP contribution < -0.4 is 16.0 Å². The van der Waals surface area contributed by atoms with Crippen LogP contribution in [0.2, 0.25) is 5.02 Å². The molecule has 7 nitrogen and oxygen atoms in total. The third kappa shape index (κ3) is 8.12. The first kappa shape index (κ1) is 25.7. The molecule has 0 bridgehead atoms. The molecule has 9 heteroatoms. The van der Waals surface area contributed by atoms with Crippen LogP contribution in [0.1, 0.15) is 63.5 Å². The molecule has 2 atom stereocenters. The van der Waals surface area contributed by atoms with Gasteiger partial charge in [-0.3, -0.25) is 9.69 Å². The fourth-order valence-electron chi connectivity index (χ4n) is 4.60. The number of hydrogen-bond acceptors (Lipinski definition) is 4. The van der Waals surface area contributed by atoms with Crippen LogP contribution >= 0.6 is 11.6 Å². The Hall–Kier alpha value is -1.90. The van der Waals surface area contributed by atoms with Gasteiger partial charge in [0.15, 0.2) is 0 Å². The molecule has 1 saturated carbocycles. The number of ether oxygens (including phenoxy) is 1. The third-order valence-electron chi connectivity index (χ3n) is 6.35. The van der Waals surface area contributed by atoms with E-state index in [9.17, 15) is 14.0 Å². The van der Waals surface area contributed by atoms with Crippen LogP contribution in [0.25, 0.3) is 0 Å². The Bertz CT molecular complexity index is 771. The summed E-state index contributed by atoms with van der Waals surface area (Å²) >= 11 is 6.34. The molecule has 1 aromatic rings. The van der Waals surface area contributed by atoms with Crippen molar-refractivity contribution in [2.24, 2.45) is 0 Å². The predicted octanol–water partition coefficient (Wildman–Crippen LogP) is 3.77. The van der Waals surface area contributed by atoms with E-state index >= 15 is 0 Å². The minimum atomic E-state index is -0.381. The highest BCUT2D eigenvalue weighted by Crippen LogP contribution is 2.31. The fourth-order valence-corrected chi connectivity index (χ4v) is 4.89. The van der Waals surface area contributed by atoms with Gasteiger partial charge in [0.05, 0.1) is 18.8 Å². The van der Waals surface area contributed by atoms with Gasteiger partial charge in [-0.05, 0) is 38.3 Å². The highest BCUT2D eigenvalue weighted by Gasteiger charge is 2.29. The molecule has 2 unspecified atom stereocenters. The number of amides is 3. The van der Waals surface area contributed by atoms with Gasteiger partial charge in [-0.15, -0.1) is 0 Å². The predicted molar refractivity (Wildman–Crippen MR) is 127 cm³/mol. The van der Waals surface area contributed by atoms with Gasteiger partial charge in [-0.2, -0.15) is 0 Å². The lowest BCUT2D eigenvalue weighted by Gasteiger charge is -2.38. The second-order valence-corrected chi connectivity index (χ2v) is 9.38. The van der Waals surface area contributed by atoms with Gasteiger partial charge in [-0.1, -0.05) is 36.9 Å². The molecule has 1 saturated heterocycles. The molecule has 0 radical (unpaired) electrons. The molecule has 2 fully saturated rings. The Morgan fingerprint density at radius 1 is 1.24 bits per heavy atom. The molecule has 33 heavy (non-hydrogen) atoms. The Morgan fingerprint density at radius 2 is 2.03 bits per heavy atom.